The molecule has 3 aromatic rings. The zero-order valence-electron chi connectivity index (χ0n) is 17.0. The molecule has 0 saturated heterocycles. The van der Waals surface area contributed by atoms with E-state index in [-0.39, 0.29) is 11.8 Å². The summed E-state index contributed by atoms with van der Waals surface area (Å²) in [6.45, 7) is 6.89. The van der Waals surface area contributed by atoms with Gasteiger partial charge >= 0.3 is 5.97 Å². The maximum absolute atomic E-state index is 11.0. The van der Waals surface area contributed by atoms with Crippen LogP contribution in [-0.2, 0) is 11.4 Å². The van der Waals surface area contributed by atoms with Crippen LogP contribution in [-0.4, -0.2) is 16.1 Å². The Morgan fingerprint density at radius 2 is 1.86 bits per heavy atom. The summed E-state index contributed by atoms with van der Waals surface area (Å²) in [4.78, 5) is 15.4. The molecule has 4 rings (SSSR count). The fourth-order valence-corrected chi connectivity index (χ4v) is 4.11. The average molecular weight is 387 g/mol. The van der Waals surface area contributed by atoms with Gasteiger partial charge in [-0.1, -0.05) is 35.9 Å². The predicted octanol–water partition coefficient (Wildman–Crippen LogP) is 5.44. The van der Waals surface area contributed by atoms with Gasteiger partial charge in [-0.05, 0) is 73.2 Å². The minimum Gasteiger partial charge on any atom is -0.487 e. The quantitative estimate of drug-likeness (QED) is 0.612. The number of benzene rings is 2. The molecule has 1 aliphatic rings. The van der Waals surface area contributed by atoms with Crippen molar-refractivity contribution in [3.05, 3.63) is 82.7 Å². The van der Waals surface area contributed by atoms with Crippen molar-refractivity contribution in [2.45, 2.75) is 39.7 Å². The highest BCUT2D eigenvalue weighted by atomic mass is 16.5. The number of carboxylic acid groups (broad SMARTS) is 1. The SMILES string of the molecule is Cc1cc(C)c(-c2cccc(COc3ccc([C@H]4C[C@@H]4C(=O)O)nc3)c2)c(C)c1. The van der Waals surface area contributed by atoms with Gasteiger partial charge in [0.15, 0.2) is 0 Å². The number of nitrogens with zero attached hydrogens (tertiary/aromatic N) is 1. The Bertz CT molecular complexity index is 1030. The molecular weight excluding hydrogens is 362 g/mol. The number of carbonyl (C=O) groups is 1. The van der Waals surface area contributed by atoms with Crippen LogP contribution in [0.4, 0.5) is 0 Å². The number of hydrogen-bond acceptors (Lipinski definition) is 3. The molecule has 0 spiro atoms. The van der Waals surface area contributed by atoms with Crippen molar-refractivity contribution in [3.8, 4) is 16.9 Å². The summed E-state index contributed by atoms with van der Waals surface area (Å²) < 4.78 is 5.91. The second-order valence-corrected chi connectivity index (χ2v) is 7.97. The molecule has 1 N–H and O–H groups in total. The Hall–Kier alpha value is -3.14. The molecule has 0 radical (unpaired) electrons. The lowest BCUT2D eigenvalue weighted by atomic mass is 9.93. The van der Waals surface area contributed by atoms with Crippen molar-refractivity contribution in [3.63, 3.8) is 0 Å². The Morgan fingerprint density at radius 1 is 1.10 bits per heavy atom. The van der Waals surface area contributed by atoms with E-state index in [1.165, 1.54) is 27.8 Å². The molecule has 148 valence electrons. The van der Waals surface area contributed by atoms with Gasteiger partial charge in [-0.15, -0.1) is 0 Å². The predicted molar refractivity (Wildman–Crippen MR) is 113 cm³/mol. The Morgan fingerprint density at radius 3 is 2.48 bits per heavy atom. The maximum Gasteiger partial charge on any atom is 0.307 e. The van der Waals surface area contributed by atoms with Crippen LogP contribution >= 0.6 is 0 Å². The Labute approximate surface area is 171 Å². The molecule has 1 aliphatic carbocycles. The van der Waals surface area contributed by atoms with E-state index in [0.717, 1.165) is 11.3 Å². The third kappa shape index (κ3) is 4.16. The van der Waals surface area contributed by atoms with Gasteiger partial charge in [-0.2, -0.15) is 0 Å². The van der Waals surface area contributed by atoms with E-state index in [9.17, 15) is 4.79 Å². The molecule has 1 saturated carbocycles. The second-order valence-electron chi connectivity index (χ2n) is 7.97. The van der Waals surface area contributed by atoms with E-state index < -0.39 is 5.97 Å². The van der Waals surface area contributed by atoms with Crippen LogP contribution in [0.3, 0.4) is 0 Å². The molecule has 0 unspecified atom stereocenters. The molecule has 0 aliphatic heterocycles. The van der Waals surface area contributed by atoms with E-state index >= 15 is 0 Å². The van der Waals surface area contributed by atoms with Crippen molar-refractivity contribution in [1.82, 2.24) is 4.98 Å². The summed E-state index contributed by atoms with van der Waals surface area (Å²) in [5.41, 5.74) is 8.24. The van der Waals surface area contributed by atoms with Crippen LogP contribution in [0.2, 0.25) is 0 Å². The first-order valence-electron chi connectivity index (χ1n) is 9.91. The standard InChI is InChI=1S/C25H25NO3/c1-15-9-16(2)24(17(3)10-15)19-6-4-5-18(11-19)14-29-20-7-8-23(26-13-20)21-12-22(21)25(27)28/h4-11,13,21-22H,12,14H2,1-3H3,(H,27,28)/t21-,22-/m0/s1. The van der Waals surface area contributed by atoms with E-state index in [2.05, 4.69) is 62.2 Å². The summed E-state index contributed by atoms with van der Waals surface area (Å²) in [5.74, 6) is -0.296. The number of carboxylic acids is 1. The highest BCUT2D eigenvalue weighted by Crippen LogP contribution is 2.46. The van der Waals surface area contributed by atoms with Gasteiger partial charge in [-0.25, -0.2) is 0 Å². The number of rotatable bonds is 6. The summed E-state index contributed by atoms with van der Waals surface area (Å²) in [6, 6.07) is 16.6. The van der Waals surface area contributed by atoms with Gasteiger partial charge in [0.1, 0.15) is 12.4 Å². The highest BCUT2D eigenvalue weighted by Gasteiger charge is 2.45. The van der Waals surface area contributed by atoms with Crippen molar-refractivity contribution >= 4 is 5.97 Å². The number of ether oxygens (including phenoxy) is 1. The number of aromatic nitrogens is 1. The molecule has 1 heterocycles. The van der Waals surface area contributed by atoms with Crippen molar-refractivity contribution in [2.75, 3.05) is 0 Å². The van der Waals surface area contributed by atoms with Crippen molar-refractivity contribution in [1.29, 1.82) is 0 Å². The zero-order valence-corrected chi connectivity index (χ0v) is 17.0. The van der Waals surface area contributed by atoms with Crippen molar-refractivity contribution in [2.24, 2.45) is 5.92 Å². The molecule has 2 aromatic carbocycles. The van der Waals surface area contributed by atoms with E-state index in [4.69, 9.17) is 9.84 Å². The summed E-state index contributed by atoms with van der Waals surface area (Å²) in [7, 11) is 0. The van der Waals surface area contributed by atoms with E-state index in [0.29, 0.717) is 18.8 Å². The summed E-state index contributed by atoms with van der Waals surface area (Å²) >= 11 is 0. The van der Waals surface area contributed by atoms with Crippen molar-refractivity contribution < 1.29 is 14.6 Å². The smallest absolute Gasteiger partial charge is 0.307 e. The lowest BCUT2D eigenvalue weighted by molar-refractivity contribution is -0.138. The van der Waals surface area contributed by atoms with Crippen LogP contribution < -0.4 is 4.74 Å². The molecule has 1 aromatic heterocycles. The number of pyridine rings is 1. The first-order valence-corrected chi connectivity index (χ1v) is 9.91. The van der Waals surface area contributed by atoms with E-state index in [1.54, 1.807) is 6.20 Å². The van der Waals surface area contributed by atoms with Gasteiger partial charge in [-0.3, -0.25) is 9.78 Å². The largest absolute Gasteiger partial charge is 0.487 e. The monoisotopic (exact) mass is 387 g/mol. The normalized spacial score (nSPS) is 17.8. The average Bonchev–Trinajstić information content (AvgIpc) is 3.48. The second kappa shape index (κ2) is 7.70. The lowest BCUT2D eigenvalue weighted by Crippen LogP contribution is -2.00. The molecule has 0 bridgehead atoms. The first-order chi connectivity index (χ1) is 13.9. The van der Waals surface area contributed by atoms with Crippen LogP contribution in [0.25, 0.3) is 11.1 Å². The molecule has 1 fully saturated rings. The third-order valence-corrected chi connectivity index (χ3v) is 5.54. The molecule has 4 heteroatoms. The number of hydrogen-bond donors (Lipinski definition) is 1. The minimum absolute atomic E-state index is 0.0409. The van der Waals surface area contributed by atoms with Crippen LogP contribution in [0, 0.1) is 26.7 Å². The molecule has 4 nitrogen and oxygen atoms in total. The lowest BCUT2D eigenvalue weighted by Gasteiger charge is -2.13. The van der Waals surface area contributed by atoms with Gasteiger partial charge < -0.3 is 9.84 Å². The zero-order chi connectivity index (χ0) is 20.5. The summed E-state index contributed by atoms with van der Waals surface area (Å²) in [5, 5.41) is 9.05. The first kappa shape index (κ1) is 19.2. The number of aliphatic carboxylic acids is 1. The van der Waals surface area contributed by atoms with Gasteiger partial charge in [0.05, 0.1) is 12.1 Å². The van der Waals surface area contributed by atoms with Crippen LogP contribution in [0.5, 0.6) is 5.75 Å². The minimum atomic E-state index is -0.740. The van der Waals surface area contributed by atoms with Gasteiger partial charge in [0, 0.05) is 11.6 Å². The fourth-order valence-electron chi connectivity index (χ4n) is 4.11. The third-order valence-electron chi connectivity index (χ3n) is 5.54. The van der Waals surface area contributed by atoms with E-state index in [1.807, 2.05) is 12.1 Å². The highest BCUT2D eigenvalue weighted by molar-refractivity contribution is 5.75. The molecular formula is C25H25NO3. The number of aryl methyl sites for hydroxylation is 3. The Kier molecular flexibility index (Phi) is 5.10. The molecule has 2 atom stereocenters. The van der Waals surface area contributed by atoms with Crippen LogP contribution in [0.15, 0.2) is 54.7 Å². The van der Waals surface area contributed by atoms with Gasteiger partial charge in [0.25, 0.3) is 0 Å². The summed E-state index contributed by atoms with van der Waals surface area (Å²) in [6.07, 6.45) is 2.36. The molecule has 29 heavy (non-hydrogen) atoms. The fraction of sp³-hybridized carbons (Fsp3) is 0.280. The maximum atomic E-state index is 11.0. The van der Waals surface area contributed by atoms with Gasteiger partial charge in [0.2, 0.25) is 0 Å². The Balaban J connectivity index is 1.45. The molecule has 0 amide bonds. The topological polar surface area (TPSA) is 59.4 Å². The van der Waals surface area contributed by atoms with Crippen LogP contribution in [0.1, 0.15) is 40.3 Å².